The van der Waals surface area contributed by atoms with E-state index in [-0.39, 0.29) is 5.82 Å². The number of aromatic nitrogens is 2. The van der Waals surface area contributed by atoms with Gasteiger partial charge in [0.05, 0.1) is 19.7 Å². The van der Waals surface area contributed by atoms with E-state index in [2.05, 4.69) is 10.6 Å². The van der Waals surface area contributed by atoms with Crippen LogP contribution in [0.25, 0.3) is 10.9 Å². The summed E-state index contributed by atoms with van der Waals surface area (Å²) in [4.78, 5) is 11.5. The molecule has 0 aliphatic heterocycles. The molecular formula is C25H32FN5O2. The van der Waals surface area contributed by atoms with Crippen molar-refractivity contribution in [2.75, 3.05) is 38.5 Å². The second kappa shape index (κ2) is 10.2. The highest BCUT2D eigenvalue weighted by Crippen LogP contribution is 2.30. The van der Waals surface area contributed by atoms with Crippen molar-refractivity contribution in [2.24, 2.45) is 0 Å². The van der Waals surface area contributed by atoms with Crippen LogP contribution >= 0.6 is 0 Å². The number of anilines is 2. The van der Waals surface area contributed by atoms with Gasteiger partial charge in [-0.2, -0.15) is 4.98 Å². The maximum Gasteiger partial charge on any atom is 0.225 e. The van der Waals surface area contributed by atoms with Gasteiger partial charge in [-0.1, -0.05) is 12.1 Å². The van der Waals surface area contributed by atoms with Crippen LogP contribution in [-0.2, 0) is 6.54 Å². The molecule has 0 unspecified atom stereocenters. The Morgan fingerprint density at radius 2 is 1.64 bits per heavy atom. The summed E-state index contributed by atoms with van der Waals surface area (Å²) in [5, 5.41) is 8.08. The number of benzene rings is 2. The van der Waals surface area contributed by atoms with Crippen LogP contribution in [0.5, 0.6) is 11.5 Å². The third kappa shape index (κ3) is 5.27. The summed E-state index contributed by atoms with van der Waals surface area (Å²) in [6.45, 7) is 0.453. The lowest BCUT2D eigenvalue weighted by molar-refractivity contribution is 0.343. The minimum atomic E-state index is -0.291. The standard InChI is InChI=1S/C25H32FN5O2/c1-31(2)24-19-7-5-6-8-21(19)29-25(30-24)28-18-11-9-17(10-12-18)27-15-16-13-22(32-3)23(33-4)14-20(16)26/h5-8,13-14,17-18,27H,9-12,15H2,1-4H3,(H,28,29,30)/t17-,18+. The quantitative estimate of drug-likeness (QED) is 0.525. The fourth-order valence-corrected chi connectivity index (χ4v) is 4.38. The molecule has 1 aliphatic carbocycles. The van der Waals surface area contributed by atoms with Crippen molar-refractivity contribution >= 4 is 22.7 Å². The molecule has 176 valence electrons. The van der Waals surface area contributed by atoms with Crippen molar-refractivity contribution in [3.05, 3.63) is 47.8 Å². The van der Waals surface area contributed by atoms with Gasteiger partial charge < -0.3 is 25.0 Å². The van der Waals surface area contributed by atoms with Gasteiger partial charge >= 0.3 is 0 Å². The molecule has 1 aromatic heterocycles. The highest BCUT2D eigenvalue weighted by atomic mass is 19.1. The smallest absolute Gasteiger partial charge is 0.225 e. The molecule has 0 spiro atoms. The van der Waals surface area contributed by atoms with Crippen LogP contribution in [0.1, 0.15) is 31.2 Å². The molecule has 1 heterocycles. The van der Waals surface area contributed by atoms with Crippen LogP contribution in [0.2, 0.25) is 0 Å². The molecule has 7 nitrogen and oxygen atoms in total. The molecule has 0 radical (unpaired) electrons. The summed E-state index contributed by atoms with van der Waals surface area (Å²) in [7, 11) is 7.06. The number of fused-ring (bicyclic) bond motifs is 1. The molecule has 1 saturated carbocycles. The average molecular weight is 454 g/mol. The zero-order valence-electron chi connectivity index (χ0n) is 19.7. The number of para-hydroxylation sites is 1. The van der Waals surface area contributed by atoms with Crippen molar-refractivity contribution < 1.29 is 13.9 Å². The first kappa shape index (κ1) is 23.0. The van der Waals surface area contributed by atoms with Gasteiger partial charge in [-0.25, -0.2) is 9.37 Å². The fraction of sp³-hybridized carbons (Fsp3) is 0.440. The topological polar surface area (TPSA) is 71.5 Å². The second-order valence-electron chi connectivity index (χ2n) is 8.65. The monoisotopic (exact) mass is 453 g/mol. The van der Waals surface area contributed by atoms with Crippen LogP contribution < -0.4 is 25.0 Å². The Labute approximate surface area is 194 Å². The summed E-state index contributed by atoms with van der Waals surface area (Å²) >= 11 is 0. The van der Waals surface area contributed by atoms with Gasteiger partial charge in [-0.3, -0.25) is 0 Å². The summed E-state index contributed by atoms with van der Waals surface area (Å²) in [6.07, 6.45) is 4.00. The number of nitrogens with zero attached hydrogens (tertiary/aromatic N) is 3. The van der Waals surface area contributed by atoms with Gasteiger partial charge in [0, 0.05) is 49.7 Å². The fourth-order valence-electron chi connectivity index (χ4n) is 4.38. The first-order valence-electron chi connectivity index (χ1n) is 11.3. The van der Waals surface area contributed by atoms with E-state index in [1.807, 2.05) is 43.3 Å². The molecule has 2 aromatic carbocycles. The molecule has 8 heteroatoms. The van der Waals surface area contributed by atoms with Gasteiger partial charge in [-0.15, -0.1) is 0 Å². The number of hydrogen-bond donors (Lipinski definition) is 2. The molecule has 0 atom stereocenters. The molecule has 2 N–H and O–H groups in total. The van der Waals surface area contributed by atoms with Crippen LogP contribution in [0.3, 0.4) is 0 Å². The lowest BCUT2D eigenvalue weighted by Crippen LogP contribution is -2.37. The van der Waals surface area contributed by atoms with Crippen molar-refractivity contribution in [3.63, 3.8) is 0 Å². The molecule has 33 heavy (non-hydrogen) atoms. The lowest BCUT2D eigenvalue weighted by atomic mass is 9.91. The number of methoxy groups -OCH3 is 2. The van der Waals surface area contributed by atoms with Crippen LogP contribution in [0.4, 0.5) is 16.2 Å². The Kier molecular flexibility index (Phi) is 7.13. The number of hydrogen-bond acceptors (Lipinski definition) is 7. The molecule has 0 amide bonds. The van der Waals surface area contributed by atoms with E-state index in [0.717, 1.165) is 42.4 Å². The van der Waals surface area contributed by atoms with E-state index in [1.54, 1.807) is 13.2 Å². The zero-order valence-corrected chi connectivity index (χ0v) is 19.7. The summed E-state index contributed by atoms with van der Waals surface area (Å²) in [5.41, 5.74) is 1.51. The lowest BCUT2D eigenvalue weighted by Gasteiger charge is -2.30. The Bertz CT molecular complexity index is 1100. The third-order valence-electron chi connectivity index (χ3n) is 6.20. The first-order chi connectivity index (χ1) is 16.0. The minimum absolute atomic E-state index is 0.291. The van der Waals surface area contributed by atoms with E-state index >= 15 is 0 Å². The summed E-state index contributed by atoms with van der Waals surface area (Å²) in [6, 6.07) is 11.8. The summed E-state index contributed by atoms with van der Waals surface area (Å²) < 4.78 is 24.9. The van der Waals surface area contributed by atoms with Gasteiger partial charge in [0.2, 0.25) is 5.95 Å². The van der Waals surface area contributed by atoms with E-state index in [4.69, 9.17) is 19.4 Å². The Morgan fingerprint density at radius 3 is 2.33 bits per heavy atom. The molecule has 4 rings (SSSR count). The van der Waals surface area contributed by atoms with Crippen molar-refractivity contribution in [2.45, 2.75) is 44.3 Å². The van der Waals surface area contributed by atoms with E-state index in [1.165, 1.54) is 13.2 Å². The van der Waals surface area contributed by atoms with Crippen LogP contribution in [0.15, 0.2) is 36.4 Å². The predicted molar refractivity (Wildman–Crippen MR) is 130 cm³/mol. The van der Waals surface area contributed by atoms with Gasteiger partial charge in [0.1, 0.15) is 11.6 Å². The van der Waals surface area contributed by atoms with Crippen LogP contribution in [0, 0.1) is 5.82 Å². The van der Waals surface area contributed by atoms with Gasteiger partial charge in [-0.05, 0) is 43.9 Å². The number of ether oxygens (including phenoxy) is 2. The van der Waals surface area contributed by atoms with E-state index in [0.29, 0.717) is 41.6 Å². The highest BCUT2D eigenvalue weighted by Gasteiger charge is 2.22. The molecular weight excluding hydrogens is 421 g/mol. The van der Waals surface area contributed by atoms with Gasteiger partial charge in [0.25, 0.3) is 0 Å². The molecule has 0 bridgehead atoms. The van der Waals surface area contributed by atoms with Gasteiger partial charge in [0.15, 0.2) is 11.5 Å². The van der Waals surface area contributed by atoms with E-state index < -0.39 is 0 Å². The third-order valence-corrected chi connectivity index (χ3v) is 6.20. The molecule has 1 aliphatic rings. The molecule has 0 saturated heterocycles. The average Bonchev–Trinajstić information content (AvgIpc) is 2.83. The predicted octanol–water partition coefficient (Wildman–Crippen LogP) is 4.37. The minimum Gasteiger partial charge on any atom is -0.493 e. The Hall–Kier alpha value is -3.13. The van der Waals surface area contributed by atoms with Crippen molar-refractivity contribution in [1.82, 2.24) is 15.3 Å². The Morgan fingerprint density at radius 1 is 0.970 bits per heavy atom. The maximum atomic E-state index is 14.4. The zero-order chi connectivity index (χ0) is 23.4. The SMILES string of the molecule is COc1cc(F)c(CN[C@H]2CC[C@@H](Nc3nc(N(C)C)c4ccccc4n3)CC2)cc1OC. The van der Waals surface area contributed by atoms with Crippen molar-refractivity contribution in [1.29, 1.82) is 0 Å². The molecule has 3 aromatic rings. The largest absolute Gasteiger partial charge is 0.493 e. The maximum absolute atomic E-state index is 14.4. The second-order valence-corrected chi connectivity index (χ2v) is 8.65. The summed E-state index contributed by atoms with van der Waals surface area (Å²) in [5.74, 6) is 2.23. The first-order valence-corrected chi connectivity index (χ1v) is 11.3. The van der Waals surface area contributed by atoms with Crippen LogP contribution in [-0.4, -0.2) is 50.4 Å². The normalized spacial score (nSPS) is 18.2. The number of halogens is 1. The number of rotatable bonds is 8. The Balaban J connectivity index is 1.34. The number of nitrogens with one attached hydrogen (secondary N) is 2. The molecule has 1 fully saturated rings. The highest BCUT2D eigenvalue weighted by molar-refractivity contribution is 5.90. The van der Waals surface area contributed by atoms with Crippen molar-refractivity contribution in [3.8, 4) is 11.5 Å². The van der Waals surface area contributed by atoms with E-state index in [9.17, 15) is 4.39 Å².